The van der Waals surface area contributed by atoms with Gasteiger partial charge in [0.05, 0.1) is 11.7 Å². The molecule has 1 aliphatic heterocycles. The number of nitrogens with one attached hydrogen (secondary N) is 1. The zero-order chi connectivity index (χ0) is 13.9. The Labute approximate surface area is 119 Å². The zero-order valence-corrected chi connectivity index (χ0v) is 13.2. The fraction of sp³-hybridized carbons (Fsp3) is 1.00. The van der Waals surface area contributed by atoms with Crippen LogP contribution in [0.25, 0.3) is 0 Å². The van der Waals surface area contributed by atoms with Crippen LogP contribution < -0.4 is 5.32 Å². The molecule has 0 amide bonds. The molecule has 0 aromatic heterocycles. The molecule has 1 heterocycles. The van der Waals surface area contributed by atoms with E-state index < -0.39 is 0 Å². The van der Waals surface area contributed by atoms with Crippen LogP contribution in [0.4, 0.5) is 0 Å². The number of rotatable bonds is 3. The van der Waals surface area contributed by atoms with Crippen molar-refractivity contribution in [3.8, 4) is 0 Å². The molecule has 2 aliphatic rings. The summed E-state index contributed by atoms with van der Waals surface area (Å²) < 4.78 is 6.11. The van der Waals surface area contributed by atoms with Gasteiger partial charge in [-0.3, -0.25) is 0 Å². The van der Waals surface area contributed by atoms with E-state index in [4.69, 9.17) is 4.74 Å². The molecule has 0 spiro atoms. The maximum absolute atomic E-state index is 6.11. The summed E-state index contributed by atoms with van der Waals surface area (Å²) in [6.45, 7) is 13.7. The molecule has 1 atom stereocenters. The molecule has 0 aromatic rings. The van der Waals surface area contributed by atoms with E-state index in [9.17, 15) is 0 Å². The summed E-state index contributed by atoms with van der Waals surface area (Å²) in [7, 11) is 0. The molecule has 112 valence electrons. The van der Waals surface area contributed by atoms with E-state index in [-0.39, 0.29) is 5.60 Å². The quantitative estimate of drug-likeness (QED) is 0.851. The van der Waals surface area contributed by atoms with E-state index in [2.05, 4.69) is 37.9 Å². The Morgan fingerprint density at radius 3 is 2.42 bits per heavy atom. The number of ether oxygens (including phenoxy) is 1. The Balaban J connectivity index is 1.68. The highest BCUT2D eigenvalue weighted by atomic mass is 16.5. The van der Waals surface area contributed by atoms with Crippen LogP contribution in [-0.2, 0) is 4.74 Å². The molecule has 0 aromatic carbocycles. The molecule has 2 rings (SSSR count). The van der Waals surface area contributed by atoms with Gasteiger partial charge in [0.2, 0.25) is 0 Å². The Bertz CT molecular complexity index is 266. The van der Waals surface area contributed by atoms with Crippen molar-refractivity contribution >= 4 is 0 Å². The molecule has 19 heavy (non-hydrogen) atoms. The first-order valence-corrected chi connectivity index (χ1v) is 8.06. The minimum absolute atomic E-state index is 0.0193. The largest absolute Gasteiger partial charge is 0.373 e. The van der Waals surface area contributed by atoms with Gasteiger partial charge in [-0.15, -0.1) is 0 Å². The van der Waals surface area contributed by atoms with Gasteiger partial charge in [0.15, 0.2) is 0 Å². The van der Waals surface area contributed by atoms with Crippen molar-refractivity contribution in [1.82, 2.24) is 10.2 Å². The van der Waals surface area contributed by atoms with Gasteiger partial charge in [0.25, 0.3) is 0 Å². The lowest BCUT2D eigenvalue weighted by atomic mass is 9.86. The van der Waals surface area contributed by atoms with Crippen LogP contribution in [-0.4, -0.2) is 48.8 Å². The molecule has 2 fully saturated rings. The number of hydrogen-bond acceptors (Lipinski definition) is 3. The van der Waals surface area contributed by atoms with E-state index in [0.29, 0.717) is 12.1 Å². The summed E-state index contributed by atoms with van der Waals surface area (Å²) >= 11 is 0. The van der Waals surface area contributed by atoms with E-state index >= 15 is 0 Å². The van der Waals surface area contributed by atoms with Crippen molar-refractivity contribution in [1.29, 1.82) is 0 Å². The first-order valence-electron chi connectivity index (χ1n) is 8.06. The predicted octanol–water partition coefficient (Wildman–Crippen LogP) is 2.65. The topological polar surface area (TPSA) is 24.5 Å². The van der Waals surface area contributed by atoms with Gasteiger partial charge < -0.3 is 15.0 Å². The van der Waals surface area contributed by atoms with E-state index in [0.717, 1.165) is 12.5 Å². The second kappa shape index (κ2) is 6.55. The van der Waals surface area contributed by atoms with E-state index in [1.165, 1.54) is 45.3 Å². The van der Waals surface area contributed by atoms with Crippen molar-refractivity contribution in [3.05, 3.63) is 0 Å². The third-order valence-corrected chi connectivity index (χ3v) is 4.28. The summed E-state index contributed by atoms with van der Waals surface area (Å²) in [6.07, 6.45) is 5.70. The summed E-state index contributed by atoms with van der Waals surface area (Å²) in [5.41, 5.74) is 0.0193. The van der Waals surface area contributed by atoms with Crippen LogP contribution in [0.5, 0.6) is 0 Å². The van der Waals surface area contributed by atoms with Gasteiger partial charge >= 0.3 is 0 Å². The highest BCUT2D eigenvalue weighted by Gasteiger charge is 2.27. The van der Waals surface area contributed by atoms with Crippen molar-refractivity contribution < 1.29 is 4.74 Å². The van der Waals surface area contributed by atoms with Crippen LogP contribution in [0.2, 0.25) is 0 Å². The lowest BCUT2D eigenvalue weighted by Crippen LogP contribution is -2.50. The molecule has 1 N–H and O–H groups in total. The third-order valence-electron chi connectivity index (χ3n) is 4.28. The minimum atomic E-state index is 0.0193. The molecule has 0 bridgehead atoms. The molecular formula is C16H32N2O. The van der Waals surface area contributed by atoms with Crippen LogP contribution in [0.1, 0.15) is 53.4 Å². The van der Waals surface area contributed by atoms with Crippen LogP contribution in [0.15, 0.2) is 0 Å². The number of hydrogen-bond donors (Lipinski definition) is 1. The van der Waals surface area contributed by atoms with Crippen molar-refractivity contribution in [2.24, 2.45) is 5.92 Å². The maximum Gasteiger partial charge on any atom is 0.0602 e. The van der Waals surface area contributed by atoms with Crippen LogP contribution in [0.3, 0.4) is 0 Å². The molecule has 0 radical (unpaired) electrons. The fourth-order valence-electron chi connectivity index (χ4n) is 3.48. The van der Waals surface area contributed by atoms with E-state index in [1.807, 2.05) is 0 Å². The van der Waals surface area contributed by atoms with Gasteiger partial charge in [0, 0.05) is 32.2 Å². The van der Waals surface area contributed by atoms with E-state index in [1.54, 1.807) is 0 Å². The summed E-state index contributed by atoms with van der Waals surface area (Å²) in [5, 5.41) is 3.52. The first kappa shape index (κ1) is 15.3. The molecule has 1 saturated heterocycles. The molecule has 3 nitrogen and oxygen atoms in total. The molecule has 3 heteroatoms. The second-order valence-corrected chi connectivity index (χ2v) is 7.49. The summed E-state index contributed by atoms with van der Waals surface area (Å²) in [5.74, 6) is 0.894. The summed E-state index contributed by atoms with van der Waals surface area (Å²) in [4.78, 5) is 2.65. The Morgan fingerprint density at radius 1 is 1.16 bits per heavy atom. The second-order valence-electron chi connectivity index (χ2n) is 7.49. The van der Waals surface area contributed by atoms with Gasteiger partial charge in [-0.05, 0) is 59.3 Å². The lowest BCUT2D eigenvalue weighted by Gasteiger charge is -2.38. The fourth-order valence-corrected chi connectivity index (χ4v) is 3.48. The van der Waals surface area contributed by atoms with Crippen LogP contribution in [0, 0.1) is 5.92 Å². The average Bonchev–Trinajstić information content (AvgIpc) is 2.30. The summed E-state index contributed by atoms with van der Waals surface area (Å²) in [6, 6.07) is 0.661. The third kappa shape index (κ3) is 5.41. The highest BCUT2D eigenvalue weighted by molar-refractivity contribution is 4.81. The zero-order valence-electron chi connectivity index (χ0n) is 13.2. The maximum atomic E-state index is 6.11. The van der Waals surface area contributed by atoms with Gasteiger partial charge in [-0.25, -0.2) is 0 Å². The molecule has 1 saturated carbocycles. The number of nitrogens with zero attached hydrogens (tertiary/aromatic N) is 1. The van der Waals surface area contributed by atoms with Gasteiger partial charge in [-0.2, -0.15) is 0 Å². The minimum Gasteiger partial charge on any atom is -0.373 e. The Morgan fingerprint density at radius 2 is 1.84 bits per heavy atom. The highest BCUT2D eigenvalue weighted by Crippen LogP contribution is 2.29. The molecule has 1 unspecified atom stereocenters. The lowest BCUT2D eigenvalue weighted by molar-refractivity contribution is -0.0796. The van der Waals surface area contributed by atoms with Gasteiger partial charge in [0.1, 0.15) is 0 Å². The van der Waals surface area contributed by atoms with Crippen molar-refractivity contribution in [3.63, 3.8) is 0 Å². The molecule has 1 aliphatic carbocycles. The van der Waals surface area contributed by atoms with Crippen molar-refractivity contribution in [2.45, 2.75) is 71.1 Å². The normalized spacial score (nSPS) is 34.4. The first-order chi connectivity index (χ1) is 8.92. The SMILES string of the molecule is CC1CN(CC2CCC(OC(C)(C)C)CC2)CCN1. The average molecular weight is 268 g/mol. The Kier molecular flexibility index (Phi) is 5.27. The monoisotopic (exact) mass is 268 g/mol. The van der Waals surface area contributed by atoms with Crippen LogP contribution >= 0.6 is 0 Å². The smallest absolute Gasteiger partial charge is 0.0602 e. The predicted molar refractivity (Wildman–Crippen MR) is 80.5 cm³/mol. The number of piperazine rings is 1. The van der Waals surface area contributed by atoms with Crippen molar-refractivity contribution in [2.75, 3.05) is 26.2 Å². The Hall–Kier alpha value is -0.120. The standard InChI is InChI=1S/C16H32N2O/c1-13-11-18(10-9-17-13)12-14-5-7-15(8-6-14)19-16(2,3)4/h13-15,17H,5-12H2,1-4H3. The van der Waals surface area contributed by atoms with Gasteiger partial charge in [-0.1, -0.05) is 0 Å². The molecular weight excluding hydrogens is 236 g/mol.